The molecule has 0 saturated heterocycles. The van der Waals surface area contributed by atoms with Gasteiger partial charge in [-0.05, 0) is 92.5 Å². The molecule has 33 heavy (non-hydrogen) atoms. The lowest BCUT2D eigenvalue weighted by atomic mass is 9.53. The highest BCUT2D eigenvalue weighted by molar-refractivity contribution is 5.58. The van der Waals surface area contributed by atoms with Crippen molar-refractivity contribution in [3.63, 3.8) is 0 Å². The van der Waals surface area contributed by atoms with Crippen LogP contribution in [0.2, 0.25) is 0 Å². The Bertz CT molecular complexity index is 1300. The molecular formula is C28H30N4O. The molecule has 4 saturated carbocycles. The third kappa shape index (κ3) is 2.84. The van der Waals surface area contributed by atoms with Gasteiger partial charge in [0.05, 0.1) is 5.56 Å². The number of ether oxygens (including phenoxy) is 1. The van der Waals surface area contributed by atoms with E-state index in [2.05, 4.69) is 35.8 Å². The number of anilines is 1. The lowest BCUT2D eigenvalue weighted by Crippen LogP contribution is -2.55. The topological polar surface area (TPSA) is 76.9 Å². The summed E-state index contributed by atoms with van der Waals surface area (Å²) < 4.78 is 8.55. The molecule has 1 atom stereocenters. The van der Waals surface area contributed by atoms with Crippen molar-refractivity contribution in [2.24, 2.45) is 17.8 Å². The SMILES string of the molecule is Cc1ccc2c(c1)Oc1ncn(C34CC5CC(CC(C5)C3)C4)c(=N)c1C2c1cccc(N)c1. The van der Waals surface area contributed by atoms with E-state index in [1.165, 1.54) is 38.5 Å². The molecule has 3 aromatic rings. The number of aryl methyl sites for hydroxylation is 1. The Morgan fingerprint density at radius 1 is 1.03 bits per heavy atom. The first-order valence-corrected chi connectivity index (χ1v) is 12.3. The Labute approximate surface area is 194 Å². The van der Waals surface area contributed by atoms with E-state index in [1.54, 1.807) is 0 Å². The predicted molar refractivity (Wildman–Crippen MR) is 127 cm³/mol. The molecule has 1 aromatic heterocycles. The molecule has 0 spiro atoms. The lowest BCUT2D eigenvalue weighted by molar-refractivity contribution is -0.0462. The fourth-order valence-corrected chi connectivity index (χ4v) is 7.84. The maximum absolute atomic E-state index is 9.49. The van der Waals surface area contributed by atoms with Crippen LogP contribution in [0, 0.1) is 30.1 Å². The van der Waals surface area contributed by atoms with Gasteiger partial charge in [-0.15, -0.1) is 0 Å². The third-order valence-electron chi connectivity index (χ3n) is 8.75. The van der Waals surface area contributed by atoms with Crippen LogP contribution in [0.5, 0.6) is 11.6 Å². The minimum absolute atomic E-state index is 0.0433. The molecule has 1 aliphatic heterocycles. The standard InChI is InChI=1S/C28H30N4O/c1-16-5-6-22-23(7-16)33-27-25(24(22)20-3-2-4-21(29)11-20)26(30)32(15-31-27)28-12-17-8-18(13-28)10-19(9-17)14-28/h2-7,11,15,17-19,24,30H,8-10,12-14,29H2,1H3. The minimum atomic E-state index is -0.116. The van der Waals surface area contributed by atoms with Gasteiger partial charge in [-0.2, -0.15) is 0 Å². The van der Waals surface area contributed by atoms with Crippen molar-refractivity contribution in [1.82, 2.24) is 9.55 Å². The maximum Gasteiger partial charge on any atom is 0.228 e. The average Bonchev–Trinajstić information content (AvgIpc) is 2.76. The van der Waals surface area contributed by atoms with E-state index < -0.39 is 0 Å². The first-order chi connectivity index (χ1) is 16.0. The molecule has 168 valence electrons. The van der Waals surface area contributed by atoms with Crippen LogP contribution < -0.4 is 16.0 Å². The van der Waals surface area contributed by atoms with Crippen LogP contribution in [0.15, 0.2) is 48.8 Å². The second kappa shape index (κ2) is 6.72. The highest BCUT2D eigenvalue weighted by atomic mass is 16.5. The zero-order valence-corrected chi connectivity index (χ0v) is 19.1. The van der Waals surface area contributed by atoms with Crippen molar-refractivity contribution in [3.8, 4) is 11.6 Å². The largest absolute Gasteiger partial charge is 0.438 e. The highest BCUT2D eigenvalue weighted by Gasteiger charge is 2.52. The number of hydrogen-bond acceptors (Lipinski definition) is 4. The summed E-state index contributed by atoms with van der Waals surface area (Å²) in [5, 5.41) is 9.49. The fraction of sp³-hybridized carbons (Fsp3) is 0.429. The second-order valence-electron chi connectivity index (χ2n) is 11.1. The molecule has 4 aliphatic carbocycles. The Kier molecular flexibility index (Phi) is 3.95. The number of nitrogens with zero attached hydrogens (tertiary/aromatic N) is 2. The molecule has 0 radical (unpaired) electrons. The fourth-order valence-electron chi connectivity index (χ4n) is 7.84. The summed E-state index contributed by atoms with van der Waals surface area (Å²) in [6.07, 6.45) is 9.63. The summed E-state index contributed by atoms with van der Waals surface area (Å²) in [4.78, 5) is 4.85. The summed E-state index contributed by atoms with van der Waals surface area (Å²) in [6, 6.07) is 14.4. The zero-order valence-electron chi connectivity index (χ0n) is 19.1. The lowest BCUT2D eigenvalue weighted by Gasteiger charge is -2.57. The number of benzene rings is 2. The summed E-state index contributed by atoms with van der Waals surface area (Å²) in [7, 11) is 0. The normalized spacial score (nSPS) is 31.1. The molecule has 4 bridgehead atoms. The van der Waals surface area contributed by atoms with Crippen LogP contribution in [0.25, 0.3) is 0 Å². The number of fused-ring (bicyclic) bond motifs is 2. The van der Waals surface area contributed by atoms with Crippen LogP contribution in [0.1, 0.15) is 66.7 Å². The van der Waals surface area contributed by atoms with Gasteiger partial charge in [0.15, 0.2) is 0 Å². The van der Waals surface area contributed by atoms with Crippen LogP contribution in [-0.4, -0.2) is 9.55 Å². The molecule has 5 aliphatic rings. The number of rotatable bonds is 2. The van der Waals surface area contributed by atoms with Gasteiger partial charge in [0.2, 0.25) is 5.88 Å². The molecule has 2 heterocycles. The van der Waals surface area contributed by atoms with Gasteiger partial charge in [0.1, 0.15) is 17.6 Å². The molecule has 2 aromatic carbocycles. The number of nitrogens with two attached hydrogens (primary N) is 1. The molecule has 1 unspecified atom stereocenters. The Morgan fingerprint density at radius 2 is 1.76 bits per heavy atom. The Balaban J connectivity index is 1.44. The smallest absolute Gasteiger partial charge is 0.228 e. The van der Waals surface area contributed by atoms with Crippen molar-refractivity contribution >= 4 is 5.69 Å². The molecule has 3 N–H and O–H groups in total. The van der Waals surface area contributed by atoms with Crippen LogP contribution >= 0.6 is 0 Å². The van der Waals surface area contributed by atoms with E-state index in [9.17, 15) is 5.41 Å². The second-order valence-corrected chi connectivity index (χ2v) is 11.1. The van der Waals surface area contributed by atoms with Crippen molar-refractivity contribution in [3.05, 3.63) is 76.5 Å². The van der Waals surface area contributed by atoms with E-state index in [1.807, 2.05) is 24.5 Å². The Morgan fingerprint density at radius 3 is 2.45 bits per heavy atom. The summed E-state index contributed by atoms with van der Waals surface area (Å²) in [5.74, 6) is 3.70. The third-order valence-corrected chi connectivity index (χ3v) is 8.75. The van der Waals surface area contributed by atoms with Gasteiger partial charge in [-0.1, -0.05) is 24.3 Å². The number of aromatic nitrogens is 2. The molecular weight excluding hydrogens is 408 g/mol. The number of nitrogen functional groups attached to an aromatic ring is 1. The quantitative estimate of drug-likeness (QED) is 0.408. The van der Waals surface area contributed by atoms with Gasteiger partial charge in [0, 0.05) is 22.7 Å². The van der Waals surface area contributed by atoms with Crippen molar-refractivity contribution in [2.45, 2.75) is 56.9 Å². The van der Waals surface area contributed by atoms with Gasteiger partial charge in [-0.3, -0.25) is 5.41 Å². The predicted octanol–water partition coefficient (Wildman–Crippen LogP) is 5.46. The first kappa shape index (κ1) is 19.4. The number of nitrogens with one attached hydrogen (secondary N) is 1. The van der Waals surface area contributed by atoms with E-state index in [4.69, 9.17) is 15.5 Å². The minimum Gasteiger partial charge on any atom is -0.438 e. The van der Waals surface area contributed by atoms with Gasteiger partial charge in [0.25, 0.3) is 0 Å². The molecule has 4 fully saturated rings. The molecule has 0 amide bonds. The first-order valence-electron chi connectivity index (χ1n) is 12.3. The summed E-state index contributed by atoms with van der Waals surface area (Å²) in [5.41, 5.74) is 11.7. The monoisotopic (exact) mass is 438 g/mol. The van der Waals surface area contributed by atoms with E-state index in [0.29, 0.717) is 11.4 Å². The van der Waals surface area contributed by atoms with Crippen molar-refractivity contribution in [2.75, 3.05) is 5.73 Å². The van der Waals surface area contributed by atoms with Crippen LogP contribution in [-0.2, 0) is 5.54 Å². The average molecular weight is 439 g/mol. The molecule has 5 heteroatoms. The van der Waals surface area contributed by atoms with Crippen LogP contribution in [0.4, 0.5) is 5.69 Å². The zero-order chi connectivity index (χ0) is 22.3. The van der Waals surface area contributed by atoms with Gasteiger partial charge in [-0.25, -0.2) is 4.98 Å². The van der Waals surface area contributed by atoms with E-state index >= 15 is 0 Å². The van der Waals surface area contributed by atoms with Gasteiger partial charge >= 0.3 is 0 Å². The summed E-state index contributed by atoms with van der Waals surface area (Å²) >= 11 is 0. The highest BCUT2D eigenvalue weighted by Crippen LogP contribution is 2.58. The molecule has 5 nitrogen and oxygen atoms in total. The van der Waals surface area contributed by atoms with Crippen molar-refractivity contribution < 1.29 is 4.74 Å². The van der Waals surface area contributed by atoms with E-state index in [-0.39, 0.29) is 11.5 Å². The number of hydrogen-bond donors (Lipinski definition) is 2. The molecule has 8 rings (SSSR count). The summed E-state index contributed by atoms with van der Waals surface area (Å²) in [6.45, 7) is 2.07. The van der Waals surface area contributed by atoms with Gasteiger partial charge < -0.3 is 15.0 Å². The van der Waals surface area contributed by atoms with Crippen LogP contribution in [0.3, 0.4) is 0 Å². The maximum atomic E-state index is 9.49. The van der Waals surface area contributed by atoms with Crippen molar-refractivity contribution in [1.29, 1.82) is 5.41 Å². The Hall–Kier alpha value is -3.08. The van der Waals surface area contributed by atoms with E-state index in [0.717, 1.165) is 51.4 Å².